The van der Waals surface area contributed by atoms with Crippen molar-refractivity contribution >= 4 is 5.97 Å². The number of benzene rings is 1. The van der Waals surface area contributed by atoms with Gasteiger partial charge in [0.2, 0.25) is 0 Å². The van der Waals surface area contributed by atoms with Gasteiger partial charge in [-0.15, -0.1) is 0 Å². The van der Waals surface area contributed by atoms with Gasteiger partial charge in [-0.3, -0.25) is 4.79 Å². The number of hydrogen-bond donors (Lipinski definition) is 2. The molecule has 1 aromatic rings. The van der Waals surface area contributed by atoms with E-state index in [1.807, 2.05) is 45.9 Å². The zero-order chi connectivity index (χ0) is 13.2. The zero-order valence-electron chi connectivity index (χ0n) is 10.8. The Bertz CT molecular complexity index is 423. The Balaban J connectivity index is 3.27. The van der Waals surface area contributed by atoms with Crippen molar-refractivity contribution in [3.8, 4) is 0 Å². The first-order chi connectivity index (χ1) is 7.77. The molecule has 0 aromatic heterocycles. The summed E-state index contributed by atoms with van der Waals surface area (Å²) in [4.78, 5) is 10.9. The van der Waals surface area contributed by atoms with Gasteiger partial charge in [0.1, 0.15) is 5.60 Å². The number of carboxylic acids is 1. The summed E-state index contributed by atoms with van der Waals surface area (Å²) in [6.07, 6.45) is -0.269. The van der Waals surface area contributed by atoms with Gasteiger partial charge < -0.3 is 10.2 Å². The predicted octanol–water partition coefficient (Wildman–Crippen LogP) is 2.62. The van der Waals surface area contributed by atoms with Crippen LogP contribution >= 0.6 is 0 Å². The molecular weight excluding hydrogens is 216 g/mol. The Morgan fingerprint density at radius 2 is 1.94 bits per heavy atom. The van der Waals surface area contributed by atoms with E-state index in [2.05, 4.69) is 0 Å². The van der Waals surface area contributed by atoms with Crippen molar-refractivity contribution in [3.63, 3.8) is 0 Å². The molecule has 0 fully saturated rings. The third-order valence-electron chi connectivity index (χ3n) is 3.22. The van der Waals surface area contributed by atoms with Gasteiger partial charge in [0, 0.05) is 0 Å². The fraction of sp³-hybridized carbons (Fsp3) is 0.500. The maximum Gasteiger partial charge on any atom is 0.306 e. The average Bonchev–Trinajstić information content (AvgIpc) is 2.15. The SMILES string of the molecule is Cc1ccc(C(O)(CC(=O)O)C(C)C)c(C)c1. The molecular formula is C14H20O3. The first-order valence-electron chi connectivity index (χ1n) is 5.79. The van der Waals surface area contributed by atoms with Crippen LogP contribution in [-0.2, 0) is 10.4 Å². The monoisotopic (exact) mass is 236 g/mol. The fourth-order valence-corrected chi connectivity index (χ4v) is 2.14. The third kappa shape index (κ3) is 2.86. The van der Waals surface area contributed by atoms with Gasteiger partial charge in [-0.25, -0.2) is 0 Å². The summed E-state index contributed by atoms with van der Waals surface area (Å²) in [5, 5.41) is 19.6. The average molecular weight is 236 g/mol. The van der Waals surface area contributed by atoms with Gasteiger partial charge in [0.15, 0.2) is 0 Å². The number of aliphatic hydroxyl groups is 1. The highest BCUT2D eigenvalue weighted by atomic mass is 16.4. The first-order valence-corrected chi connectivity index (χ1v) is 5.79. The van der Waals surface area contributed by atoms with Crippen molar-refractivity contribution in [2.75, 3.05) is 0 Å². The van der Waals surface area contributed by atoms with E-state index in [-0.39, 0.29) is 12.3 Å². The van der Waals surface area contributed by atoms with E-state index in [9.17, 15) is 9.90 Å². The Kier molecular flexibility index (Phi) is 3.94. The van der Waals surface area contributed by atoms with Crippen LogP contribution in [-0.4, -0.2) is 16.2 Å². The van der Waals surface area contributed by atoms with Crippen LogP contribution in [0.25, 0.3) is 0 Å². The molecule has 0 aliphatic heterocycles. The molecule has 0 saturated heterocycles. The van der Waals surface area contributed by atoms with Crippen LogP contribution in [0.4, 0.5) is 0 Å². The molecule has 1 atom stereocenters. The topological polar surface area (TPSA) is 57.5 Å². The summed E-state index contributed by atoms with van der Waals surface area (Å²) in [6, 6.07) is 5.69. The second-order valence-electron chi connectivity index (χ2n) is 4.97. The first kappa shape index (κ1) is 13.7. The van der Waals surface area contributed by atoms with Crippen molar-refractivity contribution in [1.82, 2.24) is 0 Å². The van der Waals surface area contributed by atoms with Crippen LogP contribution in [0.2, 0.25) is 0 Å². The van der Waals surface area contributed by atoms with E-state index in [0.29, 0.717) is 5.56 Å². The maximum atomic E-state index is 10.9. The largest absolute Gasteiger partial charge is 0.481 e. The number of rotatable bonds is 4. The van der Waals surface area contributed by atoms with Crippen LogP contribution in [0.5, 0.6) is 0 Å². The Labute approximate surface area is 102 Å². The zero-order valence-corrected chi connectivity index (χ0v) is 10.8. The number of carboxylic acid groups (broad SMARTS) is 1. The molecule has 3 nitrogen and oxygen atoms in total. The molecule has 3 heteroatoms. The van der Waals surface area contributed by atoms with Crippen LogP contribution in [0, 0.1) is 19.8 Å². The second kappa shape index (κ2) is 4.88. The van der Waals surface area contributed by atoms with E-state index in [4.69, 9.17) is 5.11 Å². The minimum atomic E-state index is -1.30. The Hall–Kier alpha value is -1.35. The van der Waals surface area contributed by atoms with Crippen molar-refractivity contribution in [2.24, 2.45) is 5.92 Å². The summed E-state index contributed by atoms with van der Waals surface area (Å²) in [5.74, 6) is -1.14. The van der Waals surface area contributed by atoms with Gasteiger partial charge in [-0.1, -0.05) is 37.6 Å². The summed E-state index contributed by atoms with van der Waals surface area (Å²) < 4.78 is 0. The lowest BCUT2D eigenvalue weighted by Crippen LogP contribution is -2.35. The van der Waals surface area contributed by atoms with Crippen molar-refractivity contribution in [3.05, 3.63) is 34.9 Å². The van der Waals surface area contributed by atoms with Gasteiger partial charge in [-0.2, -0.15) is 0 Å². The molecule has 0 aliphatic carbocycles. The molecule has 0 heterocycles. The highest BCUT2D eigenvalue weighted by Gasteiger charge is 2.36. The number of carbonyl (C=O) groups is 1. The minimum absolute atomic E-state index is 0.153. The molecule has 94 valence electrons. The molecule has 1 unspecified atom stereocenters. The number of aryl methyl sites for hydroxylation is 2. The lowest BCUT2D eigenvalue weighted by Gasteiger charge is -2.32. The highest BCUT2D eigenvalue weighted by Crippen LogP contribution is 2.35. The smallest absolute Gasteiger partial charge is 0.306 e. The molecule has 0 spiro atoms. The molecule has 0 bridgehead atoms. The maximum absolute atomic E-state index is 10.9. The Morgan fingerprint density at radius 1 is 1.35 bits per heavy atom. The normalized spacial score (nSPS) is 14.7. The van der Waals surface area contributed by atoms with E-state index in [1.54, 1.807) is 0 Å². The number of aliphatic carboxylic acids is 1. The number of hydrogen-bond acceptors (Lipinski definition) is 2. The standard InChI is InChI=1S/C14H20O3/c1-9(2)14(17,8-13(15)16)12-6-5-10(3)7-11(12)4/h5-7,9,17H,8H2,1-4H3,(H,15,16). The molecule has 1 aromatic carbocycles. The molecule has 0 saturated carbocycles. The summed E-state index contributed by atoms with van der Waals surface area (Å²) >= 11 is 0. The van der Waals surface area contributed by atoms with Gasteiger partial charge >= 0.3 is 5.97 Å². The summed E-state index contributed by atoms with van der Waals surface area (Å²) in [7, 11) is 0. The summed E-state index contributed by atoms with van der Waals surface area (Å²) in [5.41, 5.74) is 1.44. The van der Waals surface area contributed by atoms with Gasteiger partial charge in [0.05, 0.1) is 6.42 Å². The summed E-state index contributed by atoms with van der Waals surface area (Å²) in [6.45, 7) is 7.55. The van der Waals surface area contributed by atoms with Crippen LogP contribution in [0.3, 0.4) is 0 Å². The van der Waals surface area contributed by atoms with E-state index < -0.39 is 11.6 Å². The molecule has 2 N–H and O–H groups in total. The minimum Gasteiger partial charge on any atom is -0.481 e. The van der Waals surface area contributed by atoms with E-state index in [1.165, 1.54) is 0 Å². The third-order valence-corrected chi connectivity index (χ3v) is 3.22. The predicted molar refractivity (Wildman–Crippen MR) is 66.9 cm³/mol. The lowest BCUT2D eigenvalue weighted by molar-refractivity contribution is -0.145. The van der Waals surface area contributed by atoms with Gasteiger partial charge in [0.25, 0.3) is 0 Å². The molecule has 0 aliphatic rings. The quantitative estimate of drug-likeness (QED) is 0.845. The Morgan fingerprint density at radius 3 is 2.35 bits per heavy atom. The molecule has 17 heavy (non-hydrogen) atoms. The molecule has 1 rings (SSSR count). The van der Waals surface area contributed by atoms with Crippen LogP contribution in [0.15, 0.2) is 18.2 Å². The molecule has 0 amide bonds. The van der Waals surface area contributed by atoms with Crippen molar-refractivity contribution in [1.29, 1.82) is 0 Å². The van der Waals surface area contributed by atoms with Crippen LogP contribution < -0.4 is 0 Å². The fourth-order valence-electron chi connectivity index (χ4n) is 2.14. The lowest BCUT2D eigenvalue weighted by atomic mass is 9.78. The van der Waals surface area contributed by atoms with E-state index >= 15 is 0 Å². The highest BCUT2D eigenvalue weighted by molar-refractivity contribution is 5.69. The van der Waals surface area contributed by atoms with Crippen molar-refractivity contribution in [2.45, 2.75) is 39.7 Å². The van der Waals surface area contributed by atoms with Crippen LogP contribution in [0.1, 0.15) is 37.0 Å². The second-order valence-corrected chi connectivity index (χ2v) is 4.97. The van der Waals surface area contributed by atoms with Crippen molar-refractivity contribution < 1.29 is 15.0 Å². The molecule has 0 radical (unpaired) electrons. The van der Waals surface area contributed by atoms with E-state index in [0.717, 1.165) is 11.1 Å². The van der Waals surface area contributed by atoms with Gasteiger partial charge in [-0.05, 0) is 30.9 Å².